The van der Waals surface area contributed by atoms with Crippen molar-refractivity contribution in [2.24, 2.45) is 17.6 Å². The summed E-state index contributed by atoms with van der Waals surface area (Å²) in [5.74, 6) is 0.192. The van der Waals surface area contributed by atoms with Gasteiger partial charge in [-0.2, -0.15) is 0 Å². The van der Waals surface area contributed by atoms with Gasteiger partial charge in [0.05, 0.1) is 0 Å². The largest absolute Gasteiger partial charge is 0.369 e. The summed E-state index contributed by atoms with van der Waals surface area (Å²) in [6.45, 7) is 4.85. The third kappa shape index (κ3) is 4.30. The van der Waals surface area contributed by atoms with Crippen LogP contribution < -0.4 is 5.73 Å². The molecule has 1 atom stereocenters. The molecule has 3 nitrogen and oxygen atoms in total. The van der Waals surface area contributed by atoms with Gasteiger partial charge in [-0.15, -0.1) is 0 Å². The normalized spacial score (nSPS) is 18.9. The molecule has 110 valence electrons. The first-order chi connectivity index (χ1) is 9.54. The van der Waals surface area contributed by atoms with Gasteiger partial charge in [0.15, 0.2) is 0 Å². The third-order valence-corrected chi connectivity index (χ3v) is 4.20. The van der Waals surface area contributed by atoms with Gasteiger partial charge in [0.1, 0.15) is 5.82 Å². The summed E-state index contributed by atoms with van der Waals surface area (Å²) < 4.78 is 12.9. The number of amides is 1. The van der Waals surface area contributed by atoms with Gasteiger partial charge in [0, 0.05) is 12.5 Å². The van der Waals surface area contributed by atoms with Gasteiger partial charge in [-0.3, -0.25) is 9.69 Å². The predicted octanol–water partition coefficient (Wildman–Crippen LogP) is 2.55. The smallest absolute Gasteiger partial charge is 0.220 e. The minimum Gasteiger partial charge on any atom is -0.369 e. The zero-order chi connectivity index (χ0) is 14.5. The molecule has 1 aliphatic heterocycles. The van der Waals surface area contributed by atoms with Crippen molar-refractivity contribution in [2.45, 2.75) is 32.7 Å². The summed E-state index contributed by atoms with van der Waals surface area (Å²) in [7, 11) is 0. The number of carbonyl (C=O) groups is 1. The molecule has 0 spiro atoms. The molecule has 1 amide bonds. The van der Waals surface area contributed by atoms with Gasteiger partial charge in [-0.25, -0.2) is 4.39 Å². The predicted molar refractivity (Wildman–Crippen MR) is 77.4 cm³/mol. The van der Waals surface area contributed by atoms with Crippen LogP contribution in [0.25, 0.3) is 0 Å². The molecule has 1 unspecified atom stereocenters. The Morgan fingerprint density at radius 1 is 1.35 bits per heavy atom. The van der Waals surface area contributed by atoms with E-state index in [1.54, 1.807) is 0 Å². The Labute approximate surface area is 120 Å². The lowest BCUT2D eigenvalue weighted by atomic mass is 9.87. The number of nitrogens with two attached hydrogens (primary N) is 1. The Bertz CT molecular complexity index is 438. The average Bonchev–Trinajstić information content (AvgIpc) is 2.43. The molecule has 0 aliphatic carbocycles. The van der Waals surface area contributed by atoms with Crippen molar-refractivity contribution < 1.29 is 9.18 Å². The molecule has 1 aromatic rings. The van der Waals surface area contributed by atoms with Crippen molar-refractivity contribution in [1.29, 1.82) is 0 Å². The number of hydrogen-bond donors (Lipinski definition) is 1. The number of primary amides is 1. The summed E-state index contributed by atoms with van der Waals surface area (Å²) in [5, 5.41) is 0. The number of hydrogen-bond acceptors (Lipinski definition) is 2. The summed E-state index contributed by atoms with van der Waals surface area (Å²) in [6.07, 6.45) is 3.12. The minimum absolute atomic E-state index is 0.0244. The number of piperidine rings is 1. The maximum Gasteiger partial charge on any atom is 0.220 e. The standard InChI is InChI=1S/C16H23FN2O/c1-12(16(18)20)10-13-6-8-19(9-7-13)11-14-2-4-15(17)5-3-14/h2-5,12-13H,6-11H2,1H3,(H2,18,20). The van der Waals surface area contributed by atoms with Crippen LogP contribution in [0, 0.1) is 17.7 Å². The van der Waals surface area contributed by atoms with E-state index in [0.717, 1.165) is 44.5 Å². The quantitative estimate of drug-likeness (QED) is 0.899. The van der Waals surface area contributed by atoms with E-state index in [2.05, 4.69) is 4.90 Å². The highest BCUT2D eigenvalue weighted by atomic mass is 19.1. The van der Waals surface area contributed by atoms with Crippen molar-refractivity contribution >= 4 is 5.91 Å². The number of rotatable bonds is 5. The van der Waals surface area contributed by atoms with Crippen LogP contribution in [0.15, 0.2) is 24.3 Å². The molecule has 1 fully saturated rings. The van der Waals surface area contributed by atoms with Gasteiger partial charge in [-0.1, -0.05) is 19.1 Å². The first kappa shape index (κ1) is 15.0. The second-order valence-corrected chi connectivity index (χ2v) is 5.89. The second kappa shape index (κ2) is 6.84. The molecule has 0 saturated carbocycles. The zero-order valence-electron chi connectivity index (χ0n) is 12.0. The highest BCUT2D eigenvalue weighted by Crippen LogP contribution is 2.25. The maximum atomic E-state index is 12.9. The van der Waals surface area contributed by atoms with Gasteiger partial charge >= 0.3 is 0 Å². The summed E-state index contributed by atoms with van der Waals surface area (Å²) in [4.78, 5) is 13.5. The van der Waals surface area contributed by atoms with Crippen LogP contribution >= 0.6 is 0 Å². The van der Waals surface area contributed by atoms with Crippen LogP contribution in [-0.4, -0.2) is 23.9 Å². The fourth-order valence-electron chi connectivity index (χ4n) is 2.84. The fourth-order valence-corrected chi connectivity index (χ4v) is 2.84. The lowest BCUT2D eigenvalue weighted by Gasteiger charge is -2.32. The molecule has 1 aromatic carbocycles. The van der Waals surface area contributed by atoms with E-state index < -0.39 is 0 Å². The van der Waals surface area contributed by atoms with Crippen LogP contribution in [0.2, 0.25) is 0 Å². The molecule has 1 heterocycles. The van der Waals surface area contributed by atoms with Crippen molar-refractivity contribution in [2.75, 3.05) is 13.1 Å². The van der Waals surface area contributed by atoms with E-state index in [1.807, 2.05) is 19.1 Å². The van der Waals surface area contributed by atoms with E-state index in [9.17, 15) is 9.18 Å². The van der Waals surface area contributed by atoms with Gasteiger partial charge in [0.25, 0.3) is 0 Å². The number of carbonyl (C=O) groups excluding carboxylic acids is 1. The Morgan fingerprint density at radius 2 is 1.95 bits per heavy atom. The van der Waals surface area contributed by atoms with E-state index in [-0.39, 0.29) is 17.6 Å². The molecular weight excluding hydrogens is 255 g/mol. The number of nitrogens with zero attached hydrogens (tertiary/aromatic N) is 1. The van der Waals surface area contributed by atoms with Crippen LogP contribution in [-0.2, 0) is 11.3 Å². The molecule has 0 aromatic heterocycles. The van der Waals surface area contributed by atoms with E-state index in [4.69, 9.17) is 5.73 Å². The van der Waals surface area contributed by atoms with Crippen molar-refractivity contribution in [1.82, 2.24) is 4.90 Å². The van der Waals surface area contributed by atoms with E-state index >= 15 is 0 Å². The monoisotopic (exact) mass is 278 g/mol. The van der Waals surface area contributed by atoms with Crippen molar-refractivity contribution in [3.63, 3.8) is 0 Å². The molecule has 1 aliphatic rings. The van der Waals surface area contributed by atoms with Gasteiger partial charge < -0.3 is 5.73 Å². The molecule has 4 heteroatoms. The number of halogens is 1. The highest BCUT2D eigenvalue weighted by molar-refractivity contribution is 5.76. The van der Waals surface area contributed by atoms with Gasteiger partial charge in [0.2, 0.25) is 5.91 Å². The van der Waals surface area contributed by atoms with Gasteiger partial charge in [-0.05, 0) is 56.0 Å². The lowest BCUT2D eigenvalue weighted by molar-refractivity contribution is -0.121. The number of likely N-dealkylation sites (tertiary alicyclic amines) is 1. The summed E-state index contributed by atoms with van der Waals surface area (Å²) in [6, 6.07) is 6.71. The van der Waals surface area contributed by atoms with Crippen LogP contribution in [0.5, 0.6) is 0 Å². The molecule has 2 N–H and O–H groups in total. The Hall–Kier alpha value is -1.42. The first-order valence-corrected chi connectivity index (χ1v) is 7.30. The molecule has 0 radical (unpaired) electrons. The number of benzene rings is 1. The minimum atomic E-state index is -0.196. The highest BCUT2D eigenvalue weighted by Gasteiger charge is 2.22. The Kier molecular flexibility index (Phi) is 5.12. The molecule has 20 heavy (non-hydrogen) atoms. The Balaban J connectivity index is 1.76. The van der Waals surface area contributed by atoms with Crippen LogP contribution in [0.4, 0.5) is 4.39 Å². The summed E-state index contributed by atoms with van der Waals surface area (Å²) in [5.41, 5.74) is 6.46. The van der Waals surface area contributed by atoms with E-state index in [0.29, 0.717) is 5.92 Å². The lowest BCUT2D eigenvalue weighted by Crippen LogP contribution is -2.34. The maximum absolute atomic E-state index is 12.9. The summed E-state index contributed by atoms with van der Waals surface area (Å²) >= 11 is 0. The molecular formula is C16H23FN2O. The first-order valence-electron chi connectivity index (χ1n) is 7.30. The Morgan fingerprint density at radius 3 is 2.50 bits per heavy atom. The van der Waals surface area contributed by atoms with Crippen LogP contribution in [0.1, 0.15) is 31.7 Å². The average molecular weight is 278 g/mol. The molecule has 1 saturated heterocycles. The zero-order valence-corrected chi connectivity index (χ0v) is 12.0. The van der Waals surface area contributed by atoms with Crippen molar-refractivity contribution in [3.8, 4) is 0 Å². The third-order valence-electron chi connectivity index (χ3n) is 4.20. The molecule has 2 rings (SSSR count). The van der Waals surface area contributed by atoms with E-state index in [1.165, 1.54) is 12.1 Å². The van der Waals surface area contributed by atoms with Crippen LogP contribution in [0.3, 0.4) is 0 Å². The fraction of sp³-hybridized carbons (Fsp3) is 0.562. The SMILES string of the molecule is CC(CC1CCN(Cc2ccc(F)cc2)CC1)C(N)=O. The second-order valence-electron chi connectivity index (χ2n) is 5.89. The topological polar surface area (TPSA) is 46.3 Å². The van der Waals surface area contributed by atoms with Crippen molar-refractivity contribution in [3.05, 3.63) is 35.6 Å². The molecule has 0 bridgehead atoms.